The Bertz CT molecular complexity index is 1280. The van der Waals surface area contributed by atoms with E-state index in [4.69, 9.17) is 0 Å². The summed E-state index contributed by atoms with van der Waals surface area (Å²) >= 11 is 0. The number of imidazole rings is 1. The van der Waals surface area contributed by atoms with Crippen LogP contribution in [-0.4, -0.2) is 42.0 Å². The number of likely N-dealkylation sites (tertiary alicyclic amines) is 1. The van der Waals surface area contributed by atoms with Gasteiger partial charge >= 0.3 is 0 Å². The lowest BCUT2D eigenvalue weighted by Crippen LogP contribution is -2.42. The van der Waals surface area contributed by atoms with Crippen LogP contribution in [0.3, 0.4) is 0 Å². The Hall–Kier alpha value is -2.48. The number of fused-ring (bicyclic) bond motifs is 2. The molecule has 1 aliphatic heterocycles. The average molecular weight is 477 g/mol. The van der Waals surface area contributed by atoms with Crippen molar-refractivity contribution in [1.29, 1.82) is 0 Å². The van der Waals surface area contributed by atoms with Crippen LogP contribution >= 0.6 is 0 Å². The molecule has 2 heterocycles. The average Bonchev–Trinajstić information content (AvgIpc) is 3.21. The van der Waals surface area contributed by atoms with Crippen LogP contribution in [0.15, 0.2) is 66.1 Å². The number of rotatable bonds is 7. The van der Waals surface area contributed by atoms with Gasteiger partial charge in [-0.25, -0.2) is 18.1 Å². The molecule has 1 aromatic heterocycles. The second kappa shape index (κ2) is 8.63. The highest BCUT2D eigenvalue weighted by Crippen LogP contribution is 2.48. The monoisotopic (exact) mass is 476 g/mol. The van der Waals surface area contributed by atoms with E-state index in [-0.39, 0.29) is 11.6 Å². The van der Waals surface area contributed by atoms with Crippen molar-refractivity contribution in [3.05, 3.63) is 83.3 Å². The highest BCUT2D eigenvalue weighted by Gasteiger charge is 2.48. The molecule has 0 spiro atoms. The van der Waals surface area contributed by atoms with Crippen molar-refractivity contribution < 1.29 is 8.42 Å². The van der Waals surface area contributed by atoms with Gasteiger partial charge in [-0.3, -0.25) is 4.90 Å². The van der Waals surface area contributed by atoms with E-state index >= 15 is 0 Å². The maximum absolute atomic E-state index is 12.7. The highest BCUT2D eigenvalue weighted by atomic mass is 32.2. The standard InChI is InChI=1S/C27H32N4O2S/c1-30-17-27(28-18-30)34(32,33)29-14-20-7-8-21-9-10-26(31-15-22-13-23(22)16-31)25(24(21)12-20)11-19-5-3-2-4-6-19/h2-8,12,17-18,22-23,25-26,29H,9-11,13-16H2,1H3/t22-,23+,25?,26?. The summed E-state index contributed by atoms with van der Waals surface area (Å²) in [5.74, 6) is 2.27. The summed E-state index contributed by atoms with van der Waals surface area (Å²) in [5.41, 5.74) is 5.19. The second-order valence-corrected chi connectivity index (χ2v) is 12.1. The van der Waals surface area contributed by atoms with E-state index in [1.54, 1.807) is 11.6 Å². The molecule has 2 fully saturated rings. The number of piperidine rings is 1. The molecule has 34 heavy (non-hydrogen) atoms. The summed E-state index contributed by atoms with van der Waals surface area (Å²) in [6.07, 6.45) is 7.77. The molecule has 3 aromatic rings. The van der Waals surface area contributed by atoms with E-state index in [1.807, 2.05) is 0 Å². The van der Waals surface area contributed by atoms with Crippen molar-refractivity contribution in [1.82, 2.24) is 19.2 Å². The van der Waals surface area contributed by atoms with Crippen LogP contribution in [-0.2, 0) is 36.5 Å². The van der Waals surface area contributed by atoms with Crippen LogP contribution in [0.2, 0.25) is 0 Å². The first-order valence-corrected chi connectivity index (χ1v) is 13.8. The van der Waals surface area contributed by atoms with Crippen LogP contribution in [0.1, 0.15) is 41.0 Å². The number of nitrogens with one attached hydrogen (secondary N) is 1. The fourth-order valence-corrected chi connectivity index (χ4v) is 7.07. The van der Waals surface area contributed by atoms with Gasteiger partial charge in [0.15, 0.2) is 5.03 Å². The van der Waals surface area contributed by atoms with Gasteiger partial charge in [-0.05, 0) is 59.8 Å². The quantitative estimate of drug-likeness (QED) is 0.567. The van der Waals surface area contributed by atoms with E-state index in [2.05, 4.69) is 63.1 Å². The van der Waals surface area contributed by atoms with Crippen molar-refractivity contribution >= 4 is 10.0 Å². The van der Waals surface area contributed by atoms with Crippen LogP contribution in [0.25, 0.3) is 0 Å². The van der Waals surface area contributed by atoms with Crippen LogP contribution < -0.4 is 4.72 Å². The highest BCUT2D eigenvalue weighted by molar-refractivity contribution is 7.89. The van der Waals surface area contributed by atoms with Crippen molar-refractivity contribution in [3.63, 3.8) is 0 Å². The Balaban J connectivity index is 1.27. The Morgan fingerprint density at radius 1 is 1.06 bits per heavy atom. The summed E-state index contributed by atoms with van der Waals surface area (Å²) in [5, 5.41) is 0.0579. The molecular weight excluding hydrogens is 444 g/mol. The van der Waals surface area contributed by atoms with Gasteiger partial charge in [-0.15, -0.1) is 0 Å². The lowest BCUT2D eigenvalue weighted by Gasteiger charge is -2.40. The minimum atomic E-state index is -3.64. The molecule has 0 amide bonds. The second-order valence-electron chi connectivity index (χ2n) is 10.3. The zero-order valence-corrected chi connectivity index (χ0v) is 20.4. The molecule has 1 saturated heterocycles. The topological polar surface area (TPSA) is 67.2 Å². The van der Waals surface area contributed by atoms with E-state index in [1.165, 1.54) is 55.1 Å². The zero-order valence-electron chi connectivity index (χ0n) is 19.6. The smallest absolute Gasteiger partial charge is 0.259 e. The van der Waals surface area contributed by atoms with Crippen LogP contribution in [0.4, 0.5) is 0 Å². The Morgan fingerprint density at radius 2 is 1.85 bits per heavy atom. The van der Waals surface area contributed by atoms with Gasteiger partial charge in [0.2, 0.25) is 0 Å². The molecule has 2 aromatic carbocycles. The van der Waals surface area contributed by atoms with E-state index < -0.39 is 10.0 Å². The summed E-state index contributed by atoms with van der Waals surface area (Å²) in [4.78, 5) is 6.76. The number of hydrogen-bond acceptors (Lipinski definition) is 4. The first-order chi connectivity index (χ1) is 16.5. The van der Waals surface area contributed by atoms with Gasteiger partial charge < -0.3 is 4.57 Å². The van der Waals surface area contributed by atoms with Crippen molar-refractivity contribution in [2.75, 3.05) is 13.1 Å². The number of nitrogens with zero attached hydrogens (tertiary/aromatic N) is 3. The van der Waals surface area contributed by atoms with Crippen LogP contribution in [0, 0.1) is 11.8 Å². The van der Waals surface area contributed by atoms with E-state index in [0.717, 1.165) is 30.2 Å². The molecule has 1 saturated carbocycles. The summed E-state index contributed by atoms with van der Waals surface area (Å²) < 4.78 is 29.7. The molecule has 6 nitrogen and oxygen atoms in total. The Morgan fingerprint density at radius 3 is 2.59 bits per heavy atom. The predicted octanol–water partition coefficient (Wildman–Crippen LogP) is 3.49. The fraction of sp³-hybridized carbons (Fsp3) is 0.444. The molecule has 178 valence electrons. The third-order valence-electron chi connectivity index (χ3n) is 7.98. The lowest BCUT2D eigenvalue weighted by molar-refractivity contribution is 0.171. The predicted molar refractivity (Wildman–Crippen MR) is 132 cm³/mol. The third-order valence-corrected chi connectivity index (χ3v) is 9.27. The van der Waals surface area contributed by atoms with Crippen molar-refractivity contribution in [2.45, 2.75) is 49.2 Å². The molecular formula is C27H32N4O2S. The first kappa shape index (κ1) is 22.0. The van der Waals surface area contributed by atoms with Crippen molar-refractivity contribution in [2.24, 2.45) is 18.9 Å². The number of sulfonamides is 1. The molecule has 6 rings (SSSR count). The van der Waals surface area contributed by atoms with Gasteiger partial charge in [0.25, 0.3) is 10.0 Å². The number of hydrogen-bond donors (Lipinski definition) is 1. The van der Waals surface area contributed by atoms with Gasteiger partial charge in [0.1, 0.15) is 0 Å². The van der Waals surface area contributed by atoms with Gasteiger partial charge in [-0.2, -0.15) is 0 Å². The molecule has 2 unspecified atom stereocenters. The maximum Gasteiger partial charge on any atom is 0.259 e. The zero-order chi connectivity index (χ0) is 23.3. The van der Waals surface area contributed by atoms with Crippen molar-refractivity contribution in [3.8, 4) is 0 Å². The number of aryl methyl sites for hydroxylation is 2. The normalized spacial score (nSPS) is 26.3. The third kappa shape index (κ3) is 4.32. The maximum atomic E-state index is 12.7. The Kier molecular flexibility index (Phi) is 5.59. The summed E-state index contributed by atoms with van der Waals surface area (Å²) in [7, 11) is -1.87. The van der Waals surface area contributed by atoms with E-state index in [0.29, 0.717) is 12.0 Å². The molecule has 3 aliphatic rings. The van der Waals surface area contributed by atoms with Gasteiger partial charge in [0, 0.05) is 44.8 Å². The molecule has 0 radical (unpaired) electrons. The van der Waals surface area contributed by atoms with Crippen LogP contribution in [0.5, 0.6) is 0 Å². The molecule has 2 aliphatic carbocycles. The summed E-state index contributed by atoms with van der Waals surface area (Å²) in [6, 6.07) is 17.9. The number of benzene rings is 2. The fourth-order valence-electron chi connectivity index (χ4n) is 6.08. The molecule has 0 bridgehead atoms. The minimum Gasteiger partial charge on any atom is -0.339 e. The molecule has 7 heteroatoms. The minimum absolute atomic E-state index is 0.0579. The van der Waals surface area contributed by atoms with Gasteiger partial charge in [-0.1, -0.05) is 48.5 Å². The number of aromatic nitrogens is 2. The Labute approximate surface area is 202 Å². The van der Waals surface area contributed by atoms with Gasteiger partial charge in [0.05, 0.1) is 6.33 Å². The SMILES string of the molecule is Cn1cnc(S(=O)(=O)NCc2ccc3c(c2)C(Cc2ccccc2)C(N2C[C@H]4C[C@H]4C2)CC3)c1. The molecule has 4 atom stereocenters. The first-order valence-electron chi connectivity index (χ1n) is 12.3. The lowest BCUT2D eigenvalue weighted by atomic mass is 9.75. The summed E-state index contributed by atoms with van der Waals surface area (Å²) in [6.45, 7) is 2.77. The largest absolute Gasteiger partial charge is 0.339 e. The molecule has 1 N–H and O–H groups in total. The van der Waals surface area contributed by atoms with E-state index in [9.17, 15) is 8.42 Å².